The van der Waals surface area contributed by atoms with Crippen LogP contribution >= 0.6 is 11.8 Å². The van der Waals surface area contributed by atoms with Gasteiger partial charge in [-0.25, -0.2) is 0 Å². The first-order valence-corrected chi connectivity index (χ1v) is 9.07. The molecular weight excluding hydrogens is 256 g/mol. The molecule has 0 saturated heterocycles. The zero-order valence-electron chi connectivity index (χ0n) is 12.3. The molecule has 0 aromatic rings. The predicted octanol–water partition coefficient (Wildman–Crippen LogP) is 2.70. The SMILES string of the molecule is CSC1CCCC(NC(C)C(=O)NC2CCCC2)C1. The summed E-state index contributed by atoms with van der Waals surface area (Å²) < 4.78 is 0. The van der Waals surface area contributed by atoms with Crippen LogP contribution in [0, 0.1) is 0 Å². The Kier molecular flexibility index (Phi) is 6.02. The maximum absolute atomic E-state index is 12.1. The van der Waals surface area contributed by atoms with E-state index in [9.17, 15) is 4.79 Å². The van der Waals surface area contributed by atoms with Crippen molar-refractivity contribution >= 4 is 17.7 Å². The fourth-order valence-corrected chi connectivity index (χ4v) is 4.16. The molecule has 0 heterocycles. The molecule has 0 bridgehead atoms. The molecule has 0 spiro atoms. The number of rotatable bonds is 5. The van der Waals surface area contributed by atoms with Gasteiger partial charge in [-0.2, -0.15) is 11.8 Å². The Morgan fingerprint density at radius 2 is 1.79 bits per heavy atom. The van der Waals surface area contributed by atoms with Crippen LogP contribution in [-0.2, 0) is 4.79 Å². The summed E-state index contributed by atoms with van der Waals surface area (Å²) in [6.07, 6.45) is 12.1. The van der Waals surface area contributed by atoms with Crippen LogP contribution in [0.5, 0.6) is 0 Å². The number of carbonyl (C=O) groups is 1. The van der Waals surface area contributed by atoms with Gasteiger partial charge in [-0.1, -0.05) is 19.3 Å². The monoisotopic (exact) mass is 284 g/mol. The minimum Gasteiger partial charge on any atom is -0.352 e. The summed E-state index contributed by atoms with van der Waals surface area (Å²) in [4.78, 5) is 12.1. The third-order valence-electron chi connectivity index (χ3n) is 4.54. The lowest BCUT2D eigenvalue weighted by Gasteiger charge is -2.31. The van der Waals surface area contributed by atoms with Gasteiger partial charge in [0.2, 0.25) is 5.91 Å². The van der Waals surface area contributed by atoms with Crippen molar-refractivity contribution in [1.29, 1.82) is 0 Å². The third-order valence-corrected chi connectivity index (χ3v) is 5.63. The van der Waals surface area contributed by atoms with E-state index < -0.39 is 0 Å². The molecule has 2 fully saturated rings. The largest absolute Gasteiger partial charge is 0.352 e. The maximum Gasteiger partial charge on any atom is 0.237 e. The second kappa shape index (κ2) is 7.53. The highest BCUT2D eigenvalue weighted by Gasteiger charge is 2.25. The van der Waals surface area contributed by atoms with Gasteiger partial charge in [-0.3, -0.25) is 4.79 Å². The summed E-state index contributed by atoms with van der Waals surface area (Å²) in [5.74, 6) is 0.193. The van der Waals surface area contributed by atoms with Crippen molar-refractivity contribution in [2.75, 3.05) is 6.26 Å². The molecule has 2 aliphatic carbocycles. The highest BCUT2D eigenvalue weighted by molar-refractivity contribution is 7.99. The van der Waals surface area contributed by atoms with Crippen LogP contribution in [0.25, 0.3) is 0 Å². The molecule has 0 aromatic heterocycles. The average Bonchev–Trinajstić information content (AvgIpc) is 2.91. The molecule has 0 aliphatic heterocycles. The number of nitrogens with one attached hydrogen (secondary N) is 2. The quantitative estimate of drug-likeness (QED) is 0.815. The van der Waals surface area contributed by atoms with Gasteiger partial charge in [0.05, 0.1) is 6.04 Å². The van der Waals surface area contributed by atoms with Crippen molar-refractivity contribution in [3.05, 3.63) is 0 Å². The fourth-order valence-electron chi connectivity index (χ4n) is 3.34. The summed E-state index contributed by atoms with van der Waals surface area (Å²) in [6, 6.07) is 0.906. The summed E-state index contributed by atoms with van der Waals surface area (Å²) in [5.41, 5.74) is 0. The lowest BCUT2D eigenvalue weighted by atomic mass is 9.94. The van der Waals surface area contributed by atoms with E-state index in [4.69, 9.17) is 0 Å². The smallest absolute Gasteiger partial charge is 0.237 e. The van der Waals surface area contributed by atoms with Gasteiger partial charge in [0.1, 0.15) is 0 Å². The summed E-state index contributed by atoms with van der Waals surface area (Å²) in [5, 5.41) is 7.49. The number of hydrogen-bond donors (Lipinski definition) is 2. The lowest BCUT2D eigenvalue weighted by molar-refractivity contribution is -0.123. The summed E-state index contributed by atoms with van der Waals surface area (Å²) in [6.45, 7) is 2.01. The molecule has 2 aliphatic rings. The zero-order valence-corrected chi connectivity index (χ0v) is 13.1. The van der Waals surface area contributed by atoms with Crippen LogP contribution in [-0.4, -0.2) is 35.5 Å². The number of thioether (sulfide) groups is 1. The van der Waals surface area contributed by atoms with Crippen LogP contribution in [0.3, 0.4) is 0 Å². The molecule has 2 saturated carbocycles. The summed E-state index contributed by atoms with van der Waals surface area (Å²) >= 11 is 1.97. The van der Waals surface area contributed by atoms with E-state index in [1.807, 2.05) is 18.7 Å². The molecule has 3 unspecified atom stereocenters. The molecule has 0 radical (unpaired) electrons. The van der Waals surface area contributed by atoms with Crippen molar-refractivity contribution in [3.8, 4) is 0 Å². The topological polar surface area (TPSA) is 41.1 Å². The highest BCUT2D eigenvalue weighted by Crippen LogP contribution is 2.27. The molecule has 4 heteroatoms. The Morgan fingerprint density at radius 1 is 1.11 bits per heavy atom. The molecule has 0 aromatic carbocycles. The van der Waals surface area contributed by atoms with Crippen molar-refractivity contribution in [1.82, 2.24) is 10.6 Å². The average molecular weight is 284 g/mol. The normalized spacial score (nSPS) is 30.2. The van der Waals surface area contributed by atoms with E-state index in [2.05, 4.69) is 16.9 Å². The molecule has 2 rings (SSSR count). The summed E-state index contributed by atoms with van der Waals surface area (Å²) in [7, 11) is 0. The first kappa shape index (κ1) is 15.2. The van der Waals surface area contributed by atoms with E-state index in [1.165, 1.54) is 38.5 Å². The standard InChI is InChI=1S/C15H28N2OS/c1-11(15(18)17-12-6-3-4-7-12)16-13-8-5-9-14(10-13)19-2/h11-14,16H,3-10H2,1-2H3,(H,17,18). The zero-order chi connectivity index (χ0) is 13.7. The molecular formula is C15H28N2OS. The second-order valence-electron chi connectivity index (χ2n) is 6.10. The van der Waals surface area contributed by atoms with E-state index in [0.29, 0.717) is 12.1 Å². The van der Waals surface area contributed by atoms with E-state index in [0.717, 1.165) is 18.1 Å². The second-order valence-corrected chi connectivity index (χ2v) is 7.24. The van der Waals surface area contributed by atoms with Gasteiger partial charge in [-0.15, -0.1) is 0 Å². The van der Waals surface area contributed by atoms with Gasteiger partial charge in [0.25, 0.3) is 0 Å². The Morgan fingerprint density at radius 3 is 2.47 bits per heavy atom. The van der Waals surface area contributed by atoms with Crippen LogP contribution in [0.1, 0.15) is 58.3 Å². The molecule has 3 atom stereocenters. The maximum atomic E-state index is 12.1. The predicted molar refractivity (Wildman–Crippen MR) is 82.6 cm³/mol. The van der Waals surface area contributed by atoms with Crippen molar-refractivity contribution in [3.63, 3.8) is 0 Å². The first-order valence-electron chi connectivity index (χ1n) is 7.78. The van der Waals surface area contributed by atoms with Gasteiger partial charge in [0.15, 0.2) is 0 Å². The third kappa shape index (κ3) is 4.67. The number of hydrogen-bond acceptors (Lipinski definition) is 3. The van der Waals surface area contributed by atoms with Crippen LogP contribution in [0.15, 0.2) is 0 Å². The highest BCUT2D eigenvalue weighted by atomic mass is 32.2. The van der Waals surface area contributed by atoms with Crippen molar-refractivity contribution in [2.45, 2.75) is 81.7 Å². The van der Waals surface area contributed by atoms with Crippen LogP contribution in [0.4, 0.5) is 0 Å². The fraction of sp³-hybridized carbons (Fsp3) is 0.933. The van der Waals surface area contributed by atoms with E-state index in [1.54, 1.807) is 0 Å². The van der Waals surface area contributed by atoms with Gasteiger partial charge in [-0.05, 0) is 45.3 Å². The first-order chi connectivity index (χ1) is 9.19. The van der Waals surface area contributed by atoms with Gasteiger partial charge >= 0.3 is 0 Å². The van der Waals surface area contributed by atoms with Crippen molar-refractivity contribution in [2.24, 2.45) is 0 Å². The van der Waals surface area contributed by atoms with Gasteiger partial charge < -0.3 is 10.6 Å². The molecule has 2 N–H and O–H groups in total. The Bertz CT molecular complexity index is 292. The van der Waals surface area contributed by atoms with E-state index in [-0.39, 0.29) is 11.9 Å². The lowest BCUT2D eigenvalue weighted by Crippen LogP contribution is -2.50. The molecule has 19 heavy (non-hydrogen) atoms. The number of carbonyl (C=O) groups excluding carboxylic acids is 1. The van der Waals surface area contributed by atoms with Crippen LogP contribution < -0.4 is 10.6 Å². The Balaban J connectivity index is 1.72. The minimum atomic E-state index is -0.0498. The molecule has 1 amide bonds. The van der Waals surface area contributed by atoms with E-state index >= 15 is 0 Å². The number of amides is 1. The molecule has 3 nitrogen and oxygen atoms in total. The van der Waals surface area contributed by atoms with Gasteiger partial charge in [0, 0.05) is 17.3 Å². The Labute approximate surface area is 121 Å². The van der Waals surface area contributed by atoms with Crippen molar-refractivity contribution < 1.29 is 4.79 Å². The minimum absolute atomic E-state index is 0.0498. The molecule has 110 valence electrons. The van der Waals surface area contributed by atoms with Crippen LogP contribution in [0.2, 0.25) is 0 Å². The Hall–Kier alpha value is -0.220.